The van der Waals surface area contributed by atoms with Gasteiger partial charge < -0.3 is 10.1 Å². The molecule has 0 radical (unpaired) electrons. The average Bonchev–Trinajstić information content (AvgIpc) is 2.80. The summed E-state index contributed by atoms with van der Waals surface area (Å²) in [6.07, 6.45) is 1.54. The minimum Gasteiger partial charge on any atom is -0.491 e. The maximum absolute atomic E-state index is 12.5. The van der Waals surface area contributed by atoms with Gasteiger partial charge in [-0.1, -0.05) is 0 Å². The zero-order valence-corrected chi connectivity index (χ0v) is 13.7. The molecule has 0 aliphatic rings. The number of hydrogen-bond donors (Lipinski definition) is 1. The Balaban J connectivity index is 1.94. The Labute approximate surface area is 138 Å². The predicted molar refractivity (Wildman–Crippen MR) is 91.5 cm³/mol. The van der Waals surface area contributed by atoms with Crippen LogP contribution in [0.1, 0.15) is 17.4 Å². The molecular formula is C17H18N4O3. The summed E-state index contributed by atoms with van der Waals surface area (Å²) < 4.78 is 8.53. The standard InChI is InChI=1S/C17H18N4O3/c1-4-24-14-6-5-9-18-15(14)16(22)19-11-7-8-12-13(10-11)21(3)17(23)20(12)2/h5-10H,4H2,1-3H3,(H,19,22). The van der Waals surface area contributed by atoms with Crippen molar-refractivity contribution >= 4 is 22.6 Å². The molecule has 1 aromatic carbocycles. The number of nitrogens with one attached hydrogen (secondary N) is 1. The Hall–Kier alpha value is -3.09. The highest BCUT2D eigenvalue weighted by Crippen LogP contribution is 2.20. The molecule has 0 atom stereocenters. The van der Waals surface area contributed by atoms with Gasteiger partial charge in [0.25, 0.3) is 5.91 Å². The summed E-state index contributed by atoms with van der Waals surface area (Å²) in [5.74, 6) is 0.0741. The van der Waals surface area contributed by atoms with Crippen LogP contribution >= 0.6 is 0 Å². The van der Waals surface area contributed by atoms with Crippen LogP contribution in [0.4, 0.5) is 5.69 Å². The summed E-state index contributed by atoms with van der Waals surface area (Å²) in [5.41, 5.74) is 2.24. The van der Waals surface area contributed by atoms with Crippen LogP contribution in [0.25, 0.3) is 11.0 Å². The maximum Gasteiger partial charge on any atom is 0.328 e. The lowest BCUT2D eigenvalue weighted by Crippen LogP contribution is -2.19. The summed E-state index contributed by atoms with van der Waals surface area (Å²) in [5, 5.41) is 2.80. The van der Waals surface area contributed by atoms with Gasteiger partial charge in [0.05, 0.1) is 17.6 Å². The number of aromatic nitrogens is 3. The molecule has 3 rings (SSSR count). The van der Waals surface area contributed by atoms with Gasteiger partial charge in [-0.25, -0.2) is 9.78 Å². The number of fused-ring (bicyclic) bond motifs is 1. The molecule has 1 amide bonds. The monoisotopic (exact) mass is 326 g/mol. The molecule has 0 aliphatic carbocycles. The zero-order chi connectivity index (χ0) is 17.3. The van der Waals surface area contributed by atoms with E-state index in [0.717, 1.165) is 11.0 Å². The quantitative estimate of drug-likeness (QED) is 0.794. The normalized spacial score (nSPS) is 10.8. The second-order valence-electron chi connectivity index (χ2n) is 5.34. The molecule has 0 bridgehead atoms. The molecule has 0 saturated heterocycles. The number of ether oxygens (including phenoxy) is 1. The van der Waals surface area contributed by atoms with Crippen molar-refractivity contribution in [1.82, 2.24) is 14.1 Å². The fourth-order valence-corrected chi connectivity index (χ4v) is 2.61. The Kier molecular flexibility index (Phi) is 4.07. The first-order valence-corrected chi connectivity index (χ1v) is 7.57. The lowest BCUT2D eigenvalue weighted by atomic mass is 10.2. The summed E-state index contributed by atoms with van der Waals surface area (Å²) in [7, 11) is 3.41. The fraction of sp³-hybridized carbons (Fsp3) is 0.235. The Morgan fingerprint density at radius 2 is 1.96 bits per heavy atom. The van der Waals surface area contributed by atoms with Crippen molar-refractivity contribution in [3.8, 4) is 5.75 Å². The van der Waals surface area contributed by atoms with Gasteiger partial charge >= 0.3 is 5.69 Å². The highest BCUT2D eigenvalue weighted by molar-refractivity contribution is 6.05. The van der Waals surface area contributed by atoms with Crippen LogP contribution in [0.15, 0.2) is 41.3 Å². The third-order valence-electron chi connectivity index (χ3n) is 3.82. The number of carbonyl (C=O) groups excluding carboxylic acids is 1. The summed E-state index contributed by atoms with van der Waals surface area (Å²) in [6.45, 7) is 2.29. The van der Waals surface area contributed by atoms with E-state index in [4.69, 9.17) is 4.74 Å². The van der Waals surface area contributed by atoms with Gasteiger partial charge in [0.2, 0.25) is 0 Å². The van der Waals surface area contributed by atoms with Crippen molar-refractivity contribution < 1.29 is 9.53 Å². The van der Waals surface area contributed by atoms with Crippen LogP contribution in [0.2, 0.25) is 0 Å². The molecule has 2 aromatic heterocycles. The first kappa shape index (κ1) is 15.8. The number of imidazole rings is 1. The molecule has 0 saturated carbocycles. The molecule has 0 fully saturated rings. The third-order valence-corrected chi connectivity index (χ3v) is 3.82. The van der Waals surface area contributed by atoms with Gasteiger partial charge in [0.15, 0.2) is 11.4 Å². The van der Waals surface area contributed by atoms with Crippen LogP contribution in [0.5, 0.6) is 5.75 Å². The largest absolute Gasteiger partial charge is 0.491 e. The molecule has 24 heavy (non-hydrogen) atoms. The van der Waals surface area contributed by atoms with E-state index >= 15 is 0 Å². The van der Waals surface area contributed by atoms with Crippen molar-refractivity contribution in [2.45, 2.75) is 6.92 Å². The van der Waals surface area contributed by atoms with Gasteiger partial charge in [0.1, 0.15) is 0 Å². The van der Waals surface area contributed by atoms with Crippen LogP contribution in [0.3, 0.4) is 0 Å². The fourth-order valence-electron chi connectivity index (χ4n) is 2.61. The summed E-state index contributed by atoms with van der Waals surface area (Å²) in [4.78, 5) is 28.5. The number of pyridine rings is 1. The van der Waals surface area contributed by atoms with Gasteiger partial charge in [-0.3, -0.25) is 13.9 Å². The summed E-state index contributed by atoms with van der Waals surface area (Å²) in [6, 6.07) is 8.73. The van der Waals surface area contributed by atoms with E-state index in [9.17, 15) is 9.59 Å². The minimum atomic E-state index is -0.362. The highest BCUT2D eigenvalue weighted by Gasteiger charge is 2.15. The Morgan fingerprint density at radius 1 is 1.21 bits per heavy atom. The van der Waals surface area contributed by atoms with E-state index in [1.807, 2.05) is 6.92 Å². The lowest BCUT2D eigenvalue weighted by molar-refractivity contribution is 0.101. The number of nitrogens with zero attached hydrogens (tertiary/aromatic N) is 3. The van der Waals surface area contributed by atoms with Crippen LogP contribution in [0, 0.1) is 0 Å². The van der Waals surface area contributed by atoms with Gasteiger partial charge in [0, 0.05) is 26.0 Å². The van der Waals surface area contributed by atoms with E-state index in [0.29, 0.717) is 18.0 Å². The molecule has 7 nitrogen and oxygen atoms in total. The zero-order valence-electron chi connectivity index (χ0n) is 13.7. The topological polar surface area (TPSA) is 78.2 Å². The van der Waals surface area contributed by atoms with Crippen molar-refractivity contribution in [3.63, 3.8) is 0 Å². The number of benzene rings is 1. The van der Waals surface area contributed by atoms with Crippen molar-refractivity contribution in [1.29, 1.82) is 0 Å². The molecule has 0 aliphatic heterocycles. The SMILES string of the molecule is CCOc1cccnc1C(=O)Nc1ccc2c(c1)n(C)c(=O)n2C. The average molecular weight is 326 g/mol. The number of hydrogen-bond acceptors (Lipinski definition) is 4. The molecule has 0 unspecified atom stereocenters. The maximum atomic E-state index is 12.5. The van der Waals surface area contributed by atoms with Crippen LogP contribution in [-0.2, 0) is 14.1 Å². The van der Waals surface area contributed by atoms with E-state index in [2.05, 4.69) is 10.3 Å². The predicted octanol–water partition coefficient (Wildman–Crippen LogP) is 1.92. The molecule has 3 aromatic rings. The van der Waals surface area contributed by atoms with Gasteiger partial charge in [-0.15, -0.1) is 0 Å². The second-order valence-corrected chi connectivity index (χ2v) is 5.34. The molecule has 2 heterocycles. The number of anilines is 1. The van der Waals surface area contributed by atoms with Crippen molar-refractivity contribution in [3.05, 3.63) is 52.7 Å². The van der Waals surface area contributed by atoms with E-state index in [1.165, 1.54) is 4.57 Å². The van der Waals surface area contributed by atoms with E-state index in [-0.39, 0.29) is 17.3 Å². The smallest absolute Gasteiger partial charge is 0.328 e. The third kappa shape index (κ3) is 2.64. The first-order valence-electron chi connectivity index (χ1n) is 7.57. The Morgan fingerprint density at radius 3 is 2.71 bits per heavy atom. The molecular weight excluding hydrogens is 308 g/mol. The number of aryl methyl sites for hydroxylation is 2. The number of rotatable bonds is 4. The molecule has 124 valence electrons. The minimum absolute atomic E-state index is 0.114. The van der Waals surface area contributed by atoms with Crippen molar-refractivity contribution in [2.24, 2.45) is 14.1 Å². The van der Waals surface area contributed by atoms with Crippen molar-refractivity contribution in [2.75, 3.05) is 11.9 Å². The highest BCUT2D eigenvalue weighted by atomic mass is 16.5. The molecule has 7 heteroatoms. The van der Waals surface area contributed by atoms with Gasteiger partial charge in [-0.05, 0) is 37.3 Å². The first-order chi connectivity index (χ1) is 11.5. The molecule has 1 N–H and O–H groups in total. The Bertz CT molecular complexity index is 972. The second kappa shape index (κ2) is 6.19. The lowest BCUT2D eigenvalue weighted by Gasteiger charge is -2.09. The number of amides is 1. The van der Waals surface area contributed by atoms with E-state index in [1.54, 1.807) is 55.2 Å². The van der Waals surface area contributed by atoms with E-state index < -0.39 is 0 Å². The van der Waals surface area contributed by atoms with Crippen LogP contribution < -0.4 is 15.7 Å². The van der Waals surface area contributed by atoms with Crippen LogP contribution in [-0.4, -0.2) is 26.6 Å². The summed E-state index contributed by atoms with van der Waals surface area (Å²) >= 11 is 0. The molecule has 0 spiro atoms. The van der Waals surface area contributed by atoms with Gasteiger partial charge in [-0.2, -0.15) is 0 Å². The number of carbonyl (C=O) groups is 1.